The van der Waals surface area contributed by atoms with Gasteiger partial charge in [-0.3, -0.25) is 0 Å². The average Bonchev–Trinajstić information content (AvgIpc) is 2.33. The molecule has 0 aliphatic rings. The van der Waals surface area contributed by atoms with Crippen LogP contribution in [0.4, 0.5) is 5.82 Å². The van der Waals surface area contributed by atoms with Crippen LogP contribution in [0.1, 0.15) is 11.4 Å². The molecule has 0 spiro atoms. The maximum absolute atomic E-state index is 5.74. The van der Waals surface area contributed by atoms with Gasteiger partial charge < -0.3 is 5.73 Å². The van der Waals surface area contributed by atoms with E-state index in [1.165, 1.54) is 10.5 Å². The van der Waals surface area contributed by atoms with Crippen LogP contribution >= 0.6 is 34.4 Å². The highest BCUT2D eigenvalue weighted by Crippen LogP contribution is 2.22. The quantitative estimate of drug-likeness (QED) is 0.677. The lowest BCUT2D eigenvalue weighted by atomic mass is 10.2. The van der Waals surface area contributed by atoms with Crippen LogP contribution in [-0.2, 0) is 5.75 Å². The van der Waals surface area contributed by atoms with Crippen molar-refractivity contribution in [2.75, 3.05) is 5.73 Å². The standard InChI is InChI=1S/C12H12IN3S/c1-8-2-4-9(5-3-8)17-7-11-15-6-10(13)12(14)16-11/h2-6H,7H2,1H3,(H2,14,15,16). The van der Waals surface area contributed by atoms with E-state index in [-0.39, 0.29) is 0 Å². The van der Waals surface area contributed by atoms with Gasteiger partial charge in [-0.2, -0.15) is 0 Å². The zero-order valence-corrected chi connectivity index (χ0v) is 12.3. The molecule has 2 N–H and O–H groups in total. The van der Waals surface area contributed by atoms with Crippen LogP contribution in [0.15, 0.2) is 35.4 Å². The summed E-state index contributed by atoms with van der Waals surface area (Å²) in [5.74, 6) is 2.07. The maximum atomic E-state index is 5.74. The summed E-state index contributed by atoms with van der Waals surface area (Å²) < 4.78 is 0.895. The first-order valence-corrected chi connectivity index (χ1v) is 7.18. The van der Waals surface area contributed by atoms with E-state index in [9.17, 15) is 0 Å². The summed E-state index contributed by atoms with van der Waals surface area (Å²) in [7, 11) is 0. The van der Waals surface area contributed by atoms with E-state index < -0.39 is 0 Å². The SMILES string of the molecule is Cc1ccc(SCc2ncc(I)c(N)n2)cc1. The molecule has 88 valence electrons. The number of nitrogen functional groups attached to an aromatic ring is 1. The second-order valence-corrected chi connectivity index (χ2v) is 5.83. The highest BCUT2D eigenvalue weighted by molar-refractivity contribution is 14.1. The predicted octanol–water partition coefficient (Wildman–Crippen LogP) is 3.26. The van der Waals surface area contributed by atoms with Gasteiger partial charge in [-0.25, -0.2) is 9.97 Å². The monoisotopic (exact) mass is 357 g/mol. The summed E-state index contributed by atoms with van der Waals surface area (Å²) in [6.45, 7) is 2.08. The molecule has 0 amide bonds. The molecule has 3 nitrogen and oxygen atoms in total. The number of aromatic nitrogens is 2. The van der Waals surface area contributed by atoms with E-state index in [0.29, 0.717) is 5.82 Å². The lowest BCUT2D eigenvalue weighted by Gasteiger charge is -2.03. The fourth-order valence-corrected chi connectivity index (χ4v) is 2.29. The maximum Gasteiger partial charge on any atom is 0.140 e. The number of hydrogen-bond donors (Lipinski definition) is 1. The molecule has 5 heteroatoms. The van der Waals surface area contributed by atoms with E-state index in [4.69, 9.17) is 5.73 Å². The highest BCUT2D eigenvalue weighted by atomic mass is 127. The fraction of sp³-hybridized carbons (Fsp3) is 0.167. The molecule has 0 saturated heterocycles. The molecular formula is C12H12IN3S. The summed E-state index contributed by atoms with van der Waals surface area (Å²) >= 11 is 3.84. The second kappa shape index (κ2) is 5.68. The molecule has 0 aliphatic carbocycles. The number of thioether (sulfide) groups is 1. The largest absolute Gasteiger partial charge is 0.383 e. The van der Waals surface area contributed by atoms with Crippen LogP contribution in [0.3, 0.4) is 0 Å². The van der Waals surface area contributed by atoms with E-state index in [1.54, 1.807) is 18.0 Å². The van der Waals surface area contributed by atoms with Crippen LogP contribution in [-0.4, -0.2) is 9.97 Å². The highest BCUT2D eigenvalue weighted by Gasteiger charge is 2.02. The number of halogens is 1. The van der Waals surface area contributed by atoms with E-state index in [2.05, 4.69) is 63.7 Å². The number of nitrogens with zero attached hydrogens (tertiary/aromatic N) is 2. The first-order chi connectivity index (χ1) is 8.15. The van der Waals surface area contributed by atoms with Crippen molar-refractivity contribution in [3.05, 3.63) is 45.4 Å². The summed E-state index contributed by atoms with van der Waals surface area (Å²) in [5.41, 5.74) is 7.01. The molecule has 0 fully saturated rings. The van der Waals surface area contributed by atoms with E-state index in [0.717, 1.165) is 15.1 Å². The van der Waals surface area contributed by atoms with E-state index >= 15 is 0 Å². The minimum atomic E-state index is 0.556. The Bertz CT molecular complexity index is 514. The predicted molar refractivity (Wildman–Crippen MR) is 79.9 cm³/mol. The molecule has 2 rings (SSSR count). The lowest BCUT2D eigenvalue weighted by molar-refractivity contribution is 1.03. The minimum Gasteiger partial charge on any atom is -0.383 e. The third kappa shape index (κ3) is 3.57. The van der Waals surface area contributed by atoms with Gasteiger partial charge in [0.25, 0.3) is 0 Å². The van der Waals surface area contributed by atoms with Gasteiger partial charge >= 0.3 is 0 Å². The van der Waals surface area contributed by atoms with Gasteiger partial charge in [0.05, 0.1) is 9.32 Å². The molecule has 1 heterocycles. The Hall–Kier alpha value is -0.820. The van der Waals surface area contributed by atoms with Gasteiger partial charge in [0, 0.05) is 11.1 Å². The third-order valence-electron chi connectivity index (χ3n) is 2.21. The van der Waals surface area contributed by atoms with Crippen molar-refractivity contribution >= 4 is 40.2 Å². The van der Waals surface area contributed by atoms with Crippen molar-refractivity contribution in [3.8, 4) is 0 Å². The Morgan fingerprint density at radius 2 is 2.00 bits per heavy atom. The zero-order chi connectivity index (χ0) is 12.3. The third-order valence-corrected chi connectivity index (χ3v) is 4.05. The first kappa shape index (κ1) is 12.6. The molecule has 0 atom stereocenters. The topological polar surface area (TPSA) is 51.8 Å². The number of nitrogens with two attached hydrogens (primary N) is 1. The molecule has 0 saturated carbocycles. The summed E-state index contributed by atoms with van der Waals surface area (Å²) in [6.07, 6.45) is 1.76. The summed E-state index contributed by atoms with van der Waals surface area (Å²) in [4.78, 5) is 9.71. The molecule has 0 bridgehead atoms. The first-order valence-electron chi connectivity index (χ1n) is 5.11. The average molecular weight is 357 g/mol. The molecule has 2 aromatic rings. The van der Waals surface area contributed by atoms with Crippen LogP contribution < -0.4 is 5.73 Å². The van der Waals surface area contributed by atoms with E-state index in [1.807, 2.05) is 0 Å². The number of anilines is 1. The smallest absolute Gasteiger partial charge is 0.140 e. The Morgan fingerprint density at radius 3 is 2.65 bits per heavy atom. The summed E-state index contributed by atoms with van der Waals surface area (Å²) in [6, 6.07) is 8.42. The zero-order valence-electron chi connectivity index (χ0n) is 9.35. The molecule has 1 aromatic carbocycles. The van der Waals surface area contributed by atoms with Gasteiger partial charge in [0.1, 0.15) is 11.6 Å². The van der Waals surface area contributed by atoms with Gasteiger partial charge in [-0.05, 0) is 41.6 Å². The molecule has 0 unspecified atom stereocenters. The number of benzene rings is 1. The van der Waals surface area contributed by atoms with Crippen molar-refractivity contribution in [1.29, 1.82) is 0 Å². The Morgan fingerprint density at radius 1 is 1.29 bits per heavy atom. The number of hydrogen-bond acceptors (Lipinski definition) is 4. The van der Waals surface area contributed by atoms with Crippen molar-refractivity contribution < 1.29 is 0 Å². The molecule has 17 heavy (non-hydrogen) atoms. The van der Waals surface area contributed by atoms with Crippen LogP contribution in [0.5, 0.6) is 0 Å². The van der Waals surface area contributed by atoms with Gasteiger partial charge in [0.15, 0.2) is 0 Å². The van der Waals surface area contributed by atoms with Crippen LogP contribution in [0, 0.1) is 10.5 Å². The fourth-order valence-electron chi connectivity index (χ4n) is 1.27. The van der Waals surface area contributed by atoms with Gasteiger partial charge in [-0.15, -0.1) is 11.8 Å². The lowest BCUT2D eigenvalue weighted by Crippen LogP contribution is -2.00. The van der Waals surface area contributed by atoms with Gasteiger partial charge in [-0.1, -0.05) is 17.7 Å². The Labute approximate surface area is 118 Å². The Balaban J connectivity index is 2.02. The van der Waals surface area contributed by atoms with Gasteiger partial charge in [0.2, 0.25) is 0 Å². The Kier molecular flexibility index (Phi) is 4.22. The molecule has 0 aliphatic heterocycles. The normalized spacial score (nSPS) is 10.5. The second-order valence-electron chi connectivity index (χ2n) is 3.62. The van der Waals surface area contributed by atoms with Crippen LogP contribution in [0.25, 0.3) is 0 Å². The molecular weight excluding hydrogens is 345 g/mol. The number of rotatable bonds is 3. The number of aryl methyl sites for hydroxylation is 1. The molecule has 0 radical (unpaired) electrons. The van der Waals surface area contributed by atoms with Crippen molar-refractivity contribution in [3.63, 3.8) is 0 Å². The van der Waals surface area contributed by atoms with Crippen molar-refractivity contribution in [2.45, 2.75) is 17.6 Å². The summed E-state index contributed by atoms with van der Waals surface area (Å²) in [5, 5.41) is 0. The van der Waals surface area contributed by atoms with Crippen molar-refractivity contribution in [1.82, 2.24) is 9.97 Å². The minimum absolute atomic E-state index is 0.556. The van der Waals surface area contributed by atoms with Crippen molar-refractivity contribution in [2.24, 2.45) is 0 Å². The molecule has 1 aromatic heterocycles. The van der Waals surface area contributed by atoms with Crippen LogP contribution in [0.2, 0.25) is 0 Å².